The van der Waals surface area contributed by atoms with Gasteiger partial charge in [-0.05, 0) is 18.6 Å². The van der Waals surface area contributed by atoms with Crippen LogP contribution in [-0.4, -0.2) is 40.6 Å². The molecule has 0 saturated heterocycles. The van der Waals surface area contributed by atoms with E-state index < -0.39 is 0 Å². The van der Waals surface area contributed by atoms with Crippen LogP contribution in [0.3, 0.4) is 0 Å². The highest BCUT2D eigenvalue weighted by molar-refractivity contribution is 6.05. The Morgan fingerprint density at radius 3 is 2.76 bits per heavy atom. The smallest absolute Gasteiger partial charge is 0.254 e. The van der Waals surface area contributed by atoms with E-state index in [-0.39, 0.29) is 12.5 Å². The molecule has 0 saturated carbocycles. The highest BCUT2D eigenvalue weighted by atomic mass is 16.3. The zero-order valence-electron chi connectivity index (χ0n) is 12.5. The fraction of sp³-hybridized carbons (Fsp3) is 0.412. The van der Waals surface area contributed by atoms with Crippen molar-refractivity contribution in [2.45, 2.75) is 26.2 Å². The van der Waals surface area contributed by atoms with Gasteiger partial charge in [-0.1, -0.05) is 38.0 Å². The second kappa shape index (κ2) is 7.74. The molecule has 0 bridgehead atoms. The molecule has 1 aromatic heterocycles. The number of unbranched alkanes of at least 4 members (excludes halogenated alkanes) is 2. The molecule has 0 unspecified atom stereocenters. The summed E-state index contributed by atoms with van der Waals surface area (Å²) in [7, 11) is 0. The van der Waals surface area contributed by atoms with E-state index in [0.717, 1.165) is 30.2 Å². The van der Waals surface area contributed by atoms with Crippen molar-refractivity contribution in [2.75, 3.05) is 19.7 Å². The number of hydrogen-bond donors (Lipinski definition) is 1. The highest BCUT2D eigenvalue weighted by Gasteiger charge is 2.17. The molecular weight excluding hydrogens is 264 g/mol. The number of rotatable bonds is 7. The van der Waals surface area contributed by atoms with Gasteiger partial charge in [0.25, 0.3) is 5.91 Å². The first-order valence-corrected chi connectivity index (χ1v) is 7.51. The maximum atomic E-state index is 12.7. The molecule has 2 rings (SSSR count). The lowest BCUT2D eigenvalue weighted by molar-refractivity contribution is 0.0720. The standard InChI is InChI=1S/C17H22N2O2/c1-2-3-6-11-19(12-13-20)17(21)15-9-10-18-16-8-5-4-7-14(15)16/h4-5,7-10,20H,2-3,6,11-13H2,1H3. The molecule has 1 heterocycles. The number of hydrogen-bond acceptors (Lipinski definition) is 3. The lowest BCUT2D eigenvalue weighted by atomic mass is 10.1. The van der Waals surface area contributed by atoms with Gasteiger partial charge in [0.05, 0.1) is 17.7 Å². The Morgan fingerprint density at radius 2 is 2.00 bits per heavy atom. The molecule has 2 aromatic rings. The molecule has 0 aliphatic rings. The number of benzene rings is 1. The minimum absolute atomic E-state index is 0.0130. The second-order valence-electron chi connectivity index (χ2n) is 5.10. The number of aliphatic hydroxyl groups excluding tert-OH is 1. The van der Waals surface area contributed by atoms with E-state index >= 15 is 0 Å². The van der Waals surface area contributed by atoms with Crippen LogP contribution in [-0.2, 0) is 0 Å². The van der Waals surface area contributed by atoms with Crippen LogP contribution >= 0.6 is 0 Å². The largest absolute Gasteiger partial charge is 0.395 e. The van der Waals surface area contributed by atoms with Gasteiger partial charge in [0.1, 0.15) is 0 Å². The van der Waals surface area contributed by atoms with Gasteiger partial charge in [-0.25, -0.2) is 0 Å². The number of carbonyl (C=O) groups excluding carboxylic acids is 1. The van der Waals surface area contributed by atoms with Crippen molar-refractivity contribution in [1.82, 2.24) is 9.88 Å². The fourth-order valence-corrected chi connectivity index (χ4v) is 2.44. The maximum Gasteiger partial charge on any atom is 0.254 e. The molecule has 0 spiro atoms. The third-order valence-corrected chi connectivity index (χ3v) is 3.57. The van der Waals surface area contributed by atoms with Crippen molar-refractivity contribution in [3.05, 3.63) is 42.1 Å². The predicted molar refractivity (Wildman–Crippen MR) is 84.3 cm³/mol. The Hall–Kier alpha value is -1.94. The van der Waals surface area contributed by atoms with E-state index in [1.807, 2.05) is 24.3 Å². The number of fused-ring (bicyclic) bond motifs is 1. The maximum absolute atomic E-state index is 12.7. The van der Waals surface area contributed by atoms with Crippen LogP contribution in [0.15, 0.2) is 36.5 Å². The second-order valence-corrected chi connectivity index (χ2v) is 5.10. The molecule has 21 heavy (non-hydrogen) atoms. The average Bonchev–Trinajstić information content (AvgIpc) is 2.53. The quantitative estimate of drug-likeness (QED) is 0.796. The van der Waals surface area contributed by atoms with Crippen LogP contribution in [0.2, 0.25) is 0 Å². The van der Waals surface area contributed by atoms with E-state index in [2.05, 4.69) is 11.9 Å². The molecule has 4 nitrogen and oxygen atoms in total. The first kappa shape index (κ1) is 15.4. The van der Waals surface area contributed by atoms with Crippen LogP contribution in [0.1, 0.15) is 36.5 Å². The number of pyridine rings is 1. The monoisotopic (exact) mass is 286 g/mol. The van der Waals surface area contributed by atoms with Crippen LogP contribution in [0.5, 0.6) is 0 Å². The lowest BCUT2D eigenvalue weighted by Gasteiger charge is -2.22. The molecule has 0 atom stereocenters. The Kier molecular flexibility index (Phi) is 5.69. The normalized spacial score (nSPS) is 10.8. The lowest BCUT2D eigenvalue weighted by Crippen LogP contribution is -2.34. The molecule has 0 aliphatic heterocycles. The number of aromatic nitrogens is 1. The molecule has 0 fully saturated rings. The van der Waals surface area contributed by atoms with Crippen LogP contribution in [0, 0.1) is 0 Å². The minimum atomic E-state index is -0.0289. The van der Waals surface area contributed by atoms with E-state index in [1.165, 1.54) is 0 Å². The van der Waals surface area contributed by atoms with Crippen LogP contribution in [0.25, 0.3) is 10.9 Å². The van der Waals surface area contributed by atoms with Crippen molar-refractivity contribution >= 4 is 16.8 Å². The molecule has 0 radical (unpaired) electrons. The topological polar surface area (TPSA) is 53.4 Å². The van der Waals surface area contributed by atoms with Gasteiger partial charge in [0.15, 0.2) is 0 Å². The fourth-order valence-electron chi connectivity index (χ4n) is 2.44. The van der Waals surface area contributed by atoms with Gasteiger partial charge in [0.2, 0.25) is 0 Å². The van der Waals surface area contributed by atoms with Crippen molar-refractivity contribution in [1.29, 1.82) is 0 Å². The van der Waals surface area contributed by atoms with Crippen molar-refractivity contribution in [3.63, 3.8) is 0 Å². The van der Waals surface area contributed by atoms with E-state index in [0.29, 0.717) is 18.7 Å². The summed E-state index contributed by atoms with van der Waals surface area (Å²) in [6, 6.07) is 9.40. The molecule has 1 aromatic carbocycles. The first-order chi connectivity index (χ1) is 10.3. The van der Waals surface area contributed by atoms with Gasteiger partial charge in [-0.15, -0.1) is 0 Å². The number of carbonyl (C=O) groups is 1. The summed E-state index contributed by atoms with van der Waals surface area (Å²) in [6.45, 7) is 3.18. The van der Waals surface area contributed by atoms with Gasteiger partial charge >= 0.3 is 0 Å². The molecular formula is C17H22N2O2. The summed E-state index contributed by atoms with van der Waals surface area (Å²) in [5, 5.41) is 10.1. The van der Waals surface area contributed by atoms with E-state index in [1.54, 1.807) is 17.2 Å². The molecule has 1 N–H and O–H groups in total. The highest BCUT2D eigenvalue weighted by Crippen LogP contribution is 2.18. The number of nitrogens with zero attached hydrogens (tertiary/aromatic N) is 2. The zero-order chi connectivity index (χ0) is 15.1. The Labute approximate surface area is 125 Å². The summed E-state index contributed by atoms with van der Waals surface area (Å²) < 4.78 is 0. The van der Waals surface area contributed by atoms with E-state index in [4.69, 9.17) is 0 Å². The number of amides is 1. The third kappa shape index (κ3) is 3.79. The number of para-hydroxylation sites is 1. The van der Waals surface area contributed by atoms with E-state index in [9.17, 15) is 9.90 Å². The molecule has 0 aliphatic carbocycles. The summed E-state index contributed by atoms with van der Waals surface area (Å²) in [5.74, 6) is -0.0289. The van der Waals surface area contributed by atoms with Crippen molar-refractivity contribution in [3.8, 4) is 0 Å². The average molecular weight is 286 g/mol. The first-order valence-electron chi connectivity index (χ1n) is 7.51. The van der Waals surface area contributed by atoms with Crippen LogP contribution < -0.4 is 0 Å². The van der Waals surface area contributed by atoms with Gasteiger partial charge in [-0.2, -0.15) is 0 Å². The summed E-state index contributed by atoms with van der Waals surface area (Å²) >= 11 is 0. The third-order valence-electron chi connectivity index (χ3n) is 3.57. The Balaban J connectivity index is 2.25. The minimum Gasteiger partial charge on any atom is -0.395 e. The van der Waals surface area contributed by atoms with Gasteiger partial charge < -0.3 is 10.0 Å². The zero-order valence-corrected chi connectivity index (χ0v) is 12.5. The summed E-state index contributed by atoms with van der Waals surface area (Å²) in [5.41, 5.74) is 1.48. The summed E-state index contributed by atoms with van der Waals surface area (Å²) in [4.78, 5) is 18.7. The Bertz CT molecular complexity index is 593. The van der Waals surface area contributed by atoms with Crippen molar-refractivity contribution in [2.24, 2.45) is 0 Å². The molecule has 4 heteroatoms. The van der Waals surface area contributed by atoms with Crippen LogP contribution in [0.4, 0.5) is 0 Å². The number of aliphatic hydroxyl groups is 1. The van der Waals surface area contributed by atoms with Gasteiger partial charge in [0, 0.05) is 24.7 Å². The van der Waals surface area contributed by atoms with Crippen molar-refractivity contribution < 1.29 is 9.90 Å². The van der Waals surface area contributed by atoms with Gasteiger partial charge in [-0.3, -0.25) is 9.78 Å². The molecule has 112 valence electrons. The SMILES string of the molecule is CCCCCN(CCO)C(=O)c1ccnc2ccccc12. The summed E-state index contributed by atoms with van der Waals surface area (Å²) in [6.07, 6.45) is 4.83. The predicted octanol–water partition coefficient (Wildman–Crippen LogP) is 2.86. The Morgan fingerprint density at radius 1 is 1.19 bits per heavy atom. The molecule has 1 amide bonds.